The second kappa shape index (κ2) is 9.28. The van der Waals surface area contributed by atoms with Crippen LogP contribution in [-0.4, -0.2) is 60.9 Å². The smallest absolute Gasteiger partial charge is 0.257 e. The molecule has 20 heavy (non-hydrogen) atoms. The molecule has 1 amide bonds. The molecule has 0 radical (unpaired) electrons. The number of hydrogen-bond acceptors (Lipinski definition) is 5. The van der Waals surface area contributed by atoms with Crippen LogP contribution in [0.5, 0.6) is 0 Å². The fraction of sp³-hybridized carbons (Fsp3) is 0.571. The van der Waals surface area contributed by atoms with Gasteiger partial charge in [0.15, 0.2) is 0 Å². The second-order valence-corrected chi connectivity index (χ2v) is 4.33. The predicted octanol–water partition coefficient (Wildman–Crippen LogP) is 0.984. The van der Waals surface area contributed by atoms with Crippen molar-refractivity contribution in [2.75, 3.05) is 45.3 Å². The Bertz CT molecular complexity index is 412. The topological polar surface area (TPSA) is 74.7 Å². The van der Waals surface area contributed by atoms with Crippen LogP contribution in [-0.2, 0) is 4.74 Å². The Kier molecular flexibility index (Phi) is 7.60. The number of nitrogens with one attached hydrogen (secondary N) is 1. The quantitative estimate of drug-likeness (QED) is 0.706. The number of amides is 1. The lowest BCUT2D eigenvalue weighted by Crippen LogP contribution is -2.36. The lowest BCUT2D eigenvalue weighted by atomic mass is 10.2. The molecule has 0 bridgehead atoms. The van der Waals surface area contributed by atoms with Crippen LogP contribution in [0.25, 0.3) is 0 Å². The Morgan fingerprint density at radius 3 is 2.95 bits per heavy atom. The Morgan fingerprint density at radius 2 is 2.30 bits per heavy atom. The van der Waals surface area contributed by atoms with Gasteiger partial charge in [0, 0.05) is 32.9 Å². The maximum atomic E-state index is 12.5. The van der Waals surface area contributed by atoms with Crippen molar-refractivity contribution in [1.29, 1.82) is 0 Å². The SMILES string of the molecule is CCCNc1ncccc1C(=O)N(CCO)CCOC. The summed E-state index contributed by atoms with van der Waals surface area (Å²) in [6.07, 6.45) is 2.61. The molecule has 1 aromatic rings. The third-order valence-electron chi connectivity index (χ3n) is 2.80. The van der Waals surface area contributed by atoms with Gasteiger partial charge >= 0.3 is 0 Å². The fourth-order valence-corrected chi connectivity index (χ4v) is 1.77. The van der Waals surface area contributed by atoms with Crippen molar-refractivity contribution in [1.82, 2.24) is 9.88 Å². The molecule has 1 aromatic heterocycles. The van der Waals surface area contributed by atoms with Crippen LogP contribution < -0.4 is 5.32 Å². The molecular weight excluding hydrogens is 258 g/mol. The van der Waals surface area contributed by atoms with E-state index in [1.165, 1.54) is 0 Å². The number of hydrogen-bond donors (Lipinski definition) is 2. The van der Waals surface area contributed by atoms with E-state index in [-0.39, 0.29) is 19.1 Å². The van der Waals surface area contributed by atoms with Gasteiger partial charge in [0.1, 0.15) is 5.82 Å². The molecule has 0 aliphatic rings. The molecule has 0 aromatic carbocycles. The van der Waals surface area contributed by atoms with E-state index in [2.05, 4.69) is 10.3 Å². The minimum Gasteiger partial charge on any atom is -0.395 e. The lowest BCUT2D eigenvalue weighted by Gasteiger charge is -2.22. The molecule has 0 saturated heterocycles. The lowest BCUT2D eigenvalue weighted by molar-refractivity contribution is 0.0657. The number of carbonyl (C=O) groups is 1. The fourth-order valence-electron chi connectivity index (χ4n) is 1.77. The molecular formula is C14H23N3O3. The van der Waals surface area contributed by atoms with E-state index in [9.17, 15) is 4.79 Å². The average Bonchev–Trinajstić information content (AvgIpc) is 2.49. The van der Waals surface area contributed by atoms with Gasteiger partial charge in [-0.25, -0.2) is 4.98 Å². The van der Waals surface area contributed by atoms with Gasteiger partial charge in [-0.05, 0) is 18.6 Å². The number of pyridine rings is 1. The van der Waals surface area contributed by atoms with Crippen molar-refractivity contribution in [2.45, 2.75) is 13.3 Å². The first-order valence-corrected chi connectivity index (χ1v) is 6.82. The van der Waals surface area contributed by atoms with E-state index in [0.717, 1.165) is 13.0 Å². The molecule has 0 atom stereocenters. The number of aliphatic hydroxyl groups excluding tert-OH is 1. The van der Waals surface area contributed by atoms with E-state index in [1.807, 2.05) is 6.92 Å². The molecule has 1 rings (SSSR count). The summed E-state index contributed by atoms with van der Waals surface area (Å²) in [5.74, 6) is 0.433. The number of methoxy groups -OCH3 is 1. The summed E-state index contributed by atoms with van der Waals surface area (Å²) >= 11 is 0. The normalized spacial score (nSPS) is 10.3. The number of rotatable bonds is 9. The van der Waals surface area contributed by atoms with E-state index in [4.69, 9.17) is 9.84 Å². The summed E-state index contributed by atoms with van der Waals surface area (Å²) in [5, 5.41) is 12.2. The van der Waals surface area contributed by atoms with Crippen molar-refractivity contribution in [3.05, 3.63) is 23.9 Å². The van der Waals surface area contributed by atoms with Crippen molar-refractivity contribution in [3.63, 3.8) is 0 Å². The molecule has 0 saturated carbocycles. The molecule has 0 aliphatic carbocycles. The minimum atomic E-state index is -0.150. The van der Waals surface area contributed by atoms with Crippen LogP contribution in [0.1, 0.15) is 23.7 Å². The second-order valence-electron chi connectivity index (χ2n) is 4.33. The molecule has 0 unspecified atom stereocenters. The van der Waals surface area contributed by atoms with E-state index < -0.39 is 0 Å². The zero-order valence-corrected chi connectivity index (χ0v) is 12.1. The summed E-state index contributed by atoms with van der Waals surface area (Å²) in [7, 11) is 1.58. The number of ether oxygens (including phenoxy) is 1. The Balaban J connectivity index is 2.86. The number of aliphatic hydroxyl groups is 1. The first kappa shape index (κ1) is 16.4. The van der Waals surface area contributed by atoms with E-state index >= 15 is 0 Å². The highest BCUT2D eigenvalue weighted by molar-refractivity contribution is 5.98. The largest absolute Gasteiger partial charge is 0.395 e. The number of nitrogens with zero attached hydrogens (tertiary/aromatic N) is 2. The highest BCUT2D eigenvalue weighted by Gasteiger charge is 2.18. The summed E-state index contributed by atoms with van der Waals surface area (Å²) in [5.41, 5.74) is 0.519. The van der Waals surface area contributed by atoms with Crippen LogP contribution >= 0.6 is 0 Å². The van der Waals surface area contributed by atoms with Gasteiger partial charge in [-0.1, -0.05) is 6.92 Å². The first-order valence-electron chi connectivity index (χ1n) is 6.82. The van der Waals surface area contributed by atoms with E-state index in [0.29, 0.717) is 24.5 Å². The van der Waals surface area contributed by atoms with Crippen LogP contribution in [0.4, 0.5) is 5.82 Å². The van der Waals surface area contributed by atoms with Crippen LogP contribution in [0.3, 0.4) is 0 Å². The van der Waals surface area contributed by atoms with Crippen molar-refractivity contribution in [2.24, 2.45) is 0 Å². The first-order chi connectivity index (χ1) is 9.74. The monoisotopic (exact) mass is 281 g/mol. The van der Waals surface area contributed by atoms with Gasteiger partial charge < -0.3 is 20.1 Å². The van der Waals surface area contributed by atoms with Gasteiger partial charge in [-0.15, -0.1) is 0 Å². The maximum absolute atomic E-state index is 12.5. The molecule has 2 N–H and O–H groups in total. The van der Waals surface area contributed by atoms with Gasteiger partial charge in [0.05, 0.1) is 18.8 Å². The van der Waals surface area contributed by atoms with E-state index in [1.54, 1.807) is 30.3 Å². The number of carbonyl (C=O) groups excluding carboxylic acids is 1. The van der Waals surface area contributed by atoms with Crippen LogP contribution in [0.2, 0.25) is 0 Å². The molecule has 0 spiro atoms. The summed E-state index contributed by atoms with van der Waals surface area (Å²) < 4.78 is 4.99. The zero-order chi connectivity index (χ0) is 14.8. The maximum Gasteiger partial charge on any atom is 0.257 e. The highest BCUT2D eigenvalue weighted by Crippen LogP contribution is 2.14. The molecule has 6 heteroatoms. The van der Waals surface area contributed by atoms with Gasteiger partial charge in [0.25, 0.3) is 5.91 Å². The van der Waals surface area contributed by atoms with Gasteiger partial charge in [-0.3, -0.25) is 4.79 Å². The van der Waals surface area contributed by atoms with Crippen LogP contribution in [0.15, 0.2) is 18.3 Å². The number of anilines is 1. The predicted molar refractivity (Wildman–Crippen MR) is 77.9 cm³/mol. The standard InChI is InChI=1S/C14H23N3O3/c1-3-6-15-13-12(5-4-7-16-13)14(19)17(8-10-18)9-11-20-2/h4-5,7,18H,3,6,8-11H2,1-2H3,(H,15,16). The summed E-state index contributed by atoms with van der Waals surface area (Å²) in [4.78, 5) is 18.3. The Hall–Kier alpha value is -1.66. The molecule has 1 heterocycles. The molecule has 0 aliphatic heterocycles. The van der Waals surface area contributed by atoms with Crippen molar-refractivity contribution in [3.8, 4) is 0 Å². The zero-order valence-electron chi connectivity index (χ0n) is 12.1. The molecule has 112 valence electrons. The molecule has 0 fully saturated rings. The van der Waals surface area contributed by atoms with Crippen molar-refractivity contribution < 1.29 is 14.6 Å². The third kappa shape index (κ3) is 4.79. The highest BCUT2D eigenvalue weighted by atomic mass is 16.5. The number of aromatic nitrogens is 1. The third-order valence-corrected chi connectivity index (χ3v) is 2.80. The van der Waals surface area contributed by atoms with Crippen LogP contribution in [0, 0.1) is 0 Å². The average molecular weight is 281 g/mol. The summed E-state index contributed by atoms with van der Waals surface area (Å²) in [6, 6.07) is 3.47. The minimum absolute atomic E-state index is 0.0760. The Labute approximate surface area is 119 Å². The summed E-state index contributed by atoms with van der Waals surface area (Å²) in [6.45, 7) is 3.89. The van der Waals surface area contributed by atoms with Crippen molar-refractivity contribution >= 4 is 11.7 Å². The molecule has 6 nitrogen and oxygen atoms in total. The Morgan fingerprint density at radius 1 is 1.50 bits per heavy atom. The van der Waals surface area contributed by atoms with Gasteiger partial charge in [-0.2, -0.15) is 0 Å². The van der Waals surface area contributed by atoms with Gasteiger partial charge in [0.2, 0.25) is 0 Å².